The maximum absolute atomic E-state index is 13.7. The number of anilines is 1. The highest BCUT2D eigenvalue weighted by Crippen LogP contribution is 2.25. The molecular weight excluding hydrogens is 554 g/mol. The van der Waals surface area contributed by atoms with E-state index in [1.54, 1.807) is 42.5 Å². The van der Waals surface area contributed by atoms with Crippen LogP contribution in [0.3, 0.4) is 0 Å². The summed E-state index contributed by atoms with van der Waals surface area (Å²) in [6.45, 7) is 7.24. The number of nitrogens with zero attached hydrogens (tertiary/aromatic N) is 2. The second-order valence-electron chi connectivity index (χ2n) is 8.59. The summed E-state index contributed by atoms with van der Waals surface area (Å²) in [5.41, 5.74) is 1.99. The lowest BCUT2D eigenvalue weighted by Crippen LogP contribution is -2.53. The van der Waals surface area contributed by atoms with Crippen LogP contribution in [-0.4, -0.2) is 50.0 Å². The zero-order valence-corrected chi connectivity index (χ0v) is 23.9. The molecule has 0 saturated carbocycles. The number of carbonyl (C=O) groups is 2. The molecule has 0 heterocycles. The number of sulfonamides is 1. The van der Waals surface area contributed by atoms with Crippen LogP contribution in [0.5, 0.6) is 0 Å². The summed E-state index contributed by atoms with van der Waals surface area (Å²) in [5, 5.41) is 3.51. The molecule has 7 nitrogen and oxygen atoms in total. The molecule has 2 rings (SSSR count). The zero-order valence-electron chi connectivity index (χ0n) is 20.7. The minimum atomic E-state index is -3.78. The molecule has 1 N–H and O–H groups in total. The Kier molecular flexibility index (Phi) is 10.6. The SMILES string of the molecule is CC[C@@H](C)NC(=O)[C@@H](CC)N(Cc1ccc(Cl)cc1)C(=O)CN(c1ccc(Br)c(C)c1)S(C)(=O)=O. The molecule has 0 aliphatic rings. The summed E-state index contributed by atoms with van der Waals surface area (Å²) in [5.74, 6) is -0.744. The molecule has 0 bridgehead atoms. The third-order valence-electron chi connectivity index (χ3n) is 5.76. The highest BCUT2D eigenvalue weighted by atomic mass is 79.9. The minimum Gasteiger partial charge on any atom is -0.352 e. The molecule has 0 aliphatic heterocycles. The van der Waals surface area contributed by atoms with Crippen molar-refractivity contribution in [1.29, 1.82) is 0 Å². The monoisotopic (exact) mass is 585 g/mol. The Balaban J connectivity index is 2.45. The molecular formula is C25H33BrClN3O4S. The first-order chi connectivity index (χ1) is 16.4. The van der Waals surface area contributed by atoms with Gasteiger partial charge in [-0.3, -0.25) is 13.9 Å². The number of rotatable bonds is 11. The average molecular weight is 587 g/mol. The Morgan fingerprint density at radius 2 is 1.71 bits per heavy atom. The van der Waals surface area contributed by atoms with Crippen molar-refractivity contribution >= 4 is 55.1 Å². The lowest BCUT2D eigenvalue weighted by molar-refractivity contribution is -0.140. The summed E-state index contributed by atoms with van der Waals surface area (Å²) >= 11 is 9.43. The topological polar surface area (TPSA) is 86.8 Å². The van der Waals surface area contributed by atoms with Crippen LogP contribution in [0.25, 0.3) is 0 Å². The second kappa shape index (κ2) is 12.7. The van der Waals surface area contributed by atoms with Gasteiger partial charge in [-0.15, -0.1) is 0 Å². The van der Waals surface area contributed by atoms with Gasteiger partial charge in [0.1, 0.15) is 12.6 Å². The molecule has 0 aromatic heterocycles. The summed E-state index contributed by atoms with van der Waals surface area (Å²) < 4.78 is 27.3. The van der Waals surface area contributed by atoms with Gasteiger partial charge >= 0.3 is 0 Å². The van der Waals surface area contributed by atoms with Gasteiger partial charge in [-0.25, -0.2) is 8.42 Å². The van der Waals surface area contributed by atoms with E-state index in [4.69, 9.17) is 11.6 Å². The van der Waals surface area contributed by atoms with E-state index >= 15 is 0 Å². The number of amides is 2. The molecule has 0 aliphatic carbocycles. The molecule has 10 heteroatoms. The summed E-state index contributed by atoms with van der Waals surface area (Å²) in [7, 11) is -3.78. The van der Waals surface area contributed by atoms with Crippen molar-refractivity contribution in [2.45, 2.75) is 59.2 Å². The molecule has 2 aromatic rings. The number of hydrogen-bond acceptors (Lipinski definition) is 4. The van der Waals surface area contributed by atoms with Gasteiger partial charge in [-0.1, -0.05) is 53.5 Å². The predicted molar refractivity (Wildman–Crippen MR) is 145 cm³/mol. The third-order valence-corrected chi connectivity index (χ3v) is 8.04. The van der Waals surface area contributed by atoms with Gasteiger partial charge in [0.15, 0.2) is 0 Å². The van der Waals surface area contributed by atoms with E-state index in [-0.39, 0.29) is 18.5 Å². The van der Waals surface area contributed by atoms with E-state index in [0.717, 1.165) is 32.6 Å². The minimum absolute atomic E-state index is 0.0534. The van der Waals surface area contributed by atoms with Gasteiger partial charge in [0, 0.05) is 22.1 Å². The van der Waals surface area contributed by atoms with E-state index in [1.807, 2.05) is 27.7 Å². The van der Waals surface area contributed by atoms with E-state index in [0.29, 0.717) is 17.1 Å². The first-order valence-electron chi connectivity index (χ1n) is 11.5. The molecule has 0 unspecified atom stereocenters. The normalized spacial score (nSPS) is 13.1. The number of benzene rings is 2. The van der Waals surface area contributed by atoms with Crippen LogP contribution < -0.4 is 9.62 Å². The quantitative estimate of drug-likeness (QED) is 0.406. The van der Waals surface area contributed by atoms with E-state index < -0.39 is 28.5 Å². The Labute approximate surface area is 222 Å². The number of carbonyl (C=O) groups excluding carboxylic acids is 2. The average Bonchev–Trinajstić information content (AvgIpc) is 2.79. The first-order valence-corrected chi connectivity index (χ1v) is 14.5. The fraction of sp³-hybridized carbons (Fsp3) is 0.440. The van der Waals surface area contributed by atoms with E-state index in [9.17, 15) is 18.0 Å². The van der Waals surface area contributed by atoms with Gasteiger partial charge in [0.05, 0.1) is 11.9 Å². The number of halogens is 2. The Morgan fingerprint density at radius 3 is 2.23 bits per heavy atom. The van der Waals surface area contributed by atoms with Crippen LogP contribution in [-0.2, 0) is 26.2 Å². The molecule has 2 atom stereocenters. The van der Waals surface area contributed by atoms with Crippen molar-refractivity contribution < 1.29 is 18.0 Å². The Bertz CT molecular complexity index is 1140. The number of nitrogens with one attached hydrogen (secondary N) is 1. The maximum Gasteiger partial charge on any atom is 0.244 e. The van der Waals surface area contributed by atoms with Gasteiger partial charge in [-0.2, -0.15) is 0 Å². The molecule has 2 aromatic carbocycles. The lowest BCUT2D eigenvalue weighted by atomic mass is 10.1. The van der Waals surface area contributed by atoms with Crippen molar-refractivity contribution in [2.75, 3.05) is 17.1 Å². The molecule has 0 spiro atoms. The van der Waals surface area contributed by atoms with Crippen LogP contribution >= 0.6 is 27.5 Å². The summed E-state index contributed by atoms with van der Waals surface area (Å²) in [6.07, 6.45) is 2.18. The van der Waals surface area contributed by atoms with Gasteiger partial charge < -0.3 is 10.2 Å². The van der Waals surface area contributed by atoms with Crippen molar-refractivity contribution in [3.63, 3.8) is 0 Å². The largest absolute Gasteiger partial charge is 0.352 e. The predicted octanol–water partition coefficient (Wildman–Crippen LogP) is 4.90. The van der Waals surface area contributed by atoms with Crippen LogP contribution in [0.4, 0.5) is 5.69 Å². The Morgan fingerprint density at radius 1 is 1.09 bits per heavy atom. The molecule has 0 saturated heterocycles. The second-order valence-corrected chi connectivity index (χ2v) is 11.8. The molecule has 0 radical (unpaired) electrons. The smallest absolute Gasteiger partial charge is 0.244 e. The number of hydrogen-bond donors (Lipinski definition) is 1. The van der Waals surface area contributed by atoms with E-state index in [1.165, 1.54) is 4.90 Å². The number of aryl methyl sites for hydroxylation is 1. The van der Waals surface area contributed by atoms with Crippen molar-refractivity contribution in [3.05, 3.63) is 63.1 Å². The van der Waals surface area contributed by atoms with Gasteiger partial charge in [0.25, 0.3) is 0 Å². The summed E-state index contributed by atoms with van der Waals surface area (Å²) in [6, 6.07) is 11.3. The van der Waals surface area contributed by atoms with E-state index in [2.05, 4.69) is 21.2 Å². The highest BCUT2D eigenvalue weighted by Gasteiger charge is 2.32. The first kappa shape index (κ1) is 29.1. The standard InChI is InChI=1S/C25H33BrClN3O4S/c1-6-18(4)28-25(32)23(7-2)29(15-19-8-10-20(27)11-9-19)24(31)16-30(35(5,33)34)21-12-13-22(26)17(3)14-21/h8-14,18,23H,6-7,15-16H2,1-5H3,(H,28,32)/t18-,23-/m1/s1. The highest BCUT2D eigenvalue weighted by molar-refractivity contribution is 9.10. The zero-order chi connectivity index (χ0) is 26.3. The fourth-order valence-electron chi connectivity index (χ4n) is 3.54. The van der Waals surface area contributed by atoms with Crippen molar-refractivity contribution in [1.82, 2.24) is 10.2 Å². The van der Waals surface area contributed by atoms with Crippen LogP contribution in [0, 0.1) is 6.92 Å². The molecule has 0 fully saturated rings. The molecule has 192 valence electrons. The Hall–Kier alpha value is -2.10. The van der Waals surface area contributed by atoms with Crippen LogP contribution in [0.2, 0.25) is 5.02 Å². The van der Waals surface area contributed by atoms with Gasteiger partial charge in [-0.05, 0) is 68.1 Å². The van der Waals surface area contributed by atoms with Crippen molar-refractivity contribution in [2.24, 2.45) is 0 Å². The fourth-order valence-corrected chi connectivity index (χ4v) is 4.76. The van der Waals surface area contributed by atoms with Crippen LogP contribution in [0.15, 0.2) is 46.9 Å². The third kappa shape index (κ3) is 8.22. The summed E-state index contributed by atoms with van der Waals surface area (Å²) in [4.78, 5) is 28.2. The van der Waals surface area contributed by atoms with Crippen molar-refractivity contribution in [3.8, 4) is 0 Å². The maximum atomic E-state index is 13.7. The lowest BCUT2D eigenvalue weighted by Gasteiger charge is -2.33. The molecule has 2 amide bonds. The van der Waals surface area contributed by atoms with Crippen LogP contribution in [0.1, 0.15) is 44.7 Å². The van der Waals surface area contributed by atoms with Gasteiger partial charge in [0.2, 0.25) is 21.8 Å². The molecule has 35 heavy (non-hydrogen) atoms.